The molecule has 2 amide bonds. The van der Waals surface area contributed by atoms with Crippen LogP contribution in [0.2, 0.25) is 0 Å². The summed E-state index contributed by atoms with van der Waals surface area (Å²) in [6, 6.07) is 9.37. The van der Waals surface area contributed by atoms with Crippen molar-refractivity contribution in [2.45, 2.75) is 32.8 Å². The van der Waals surface area contributed by atoms with E-state index in [4.69, 9.17) is 4.74 Å². The highest BCUT2D eigenvalue weighted by Crippen LogP contribution is 2.21. The van der Waals surface area contributed by atoms with Crippen molar-refractivity contribution in [3.63, 3.8) is 0 Å². The number of rotatable bonds is 2. The van der Waals surface area contributed by atoms with E-state index in [2.05, 4.69) is 15.5 Å². The van der Waals surface area contributed by atoms with E-state index in [1.165, 1.54) is 0 Å². The molecule has 2 heterocycles. The number of likely N-dealkylation sites (tertiary alicyclic amines) is 1. The highest BCUT2D eigenvalue weighted by Gasteiger charge is 2.33. The first-order valence-electron chi connectivity index (χ1n) is 8.33. The summed E-state index contributed by atoms with van der Waals surface area (Å²) in [7, 11) is 0. The number of aromatic nitrogens is 2. The van der Waals surface area contributed by atoms with Gasteiger partial charge in [0.25, 0.3) is 0 Å². The molecule has 3 rings (SSSR count). The molecule has 0 radical (unpaired) electrons. The minimum absolute atomic E-state index is 0.157. The van der Waals surface area contributed by atoms with Gasteiger partial charge in [-0.2, -0.15) is 0 Å². The molecule has 1 aromatic heterocycles. The Morgan fingerprint density at radius 3 is 2.76 bits per heavy atom. The molecule has 7 nitrogen and oxygen atoms in total. The molecular formula is C18H22N4O3. The Hall–Kier alpha value is -2.70. The molecule has 1 atom stereocenters. The van der Waals surface area contributed by atoms with Crippen LogP contribution in [-0.4, -0.2) is 45.8 Å². The van der Waals surface area contributed by atoms with E-state index in [1.54, 1.807) is 11.0 Å². The molecule has 1 unspecified atom stereocenters. The van der Waals surface area contributed by atoms with E-state index >= 15 is 0 Å². The number of anilines is 1. The molecule has 1 aromatic carbocycles. The second-order valence-electron chi connectivity index (χ2n) is 7.19. The van der Waals surface area contributed by atoms with Gasteiger partial charge in [0.2, 0.25) is 5.91 Å². The molecule has 0 saturated carbocycles. The monoisotopic (exact) mass is 342 g/mol. The largest absolute Gasteiger partial charge is 0.444 e. The van der Waals surface area contributed by atoms with Crippen molar-refractivity contribution >= 4 is 28.7 Å². The first kappa shape index (κ1) is 17.1. The zero-order valence-electron chi connectivity index (χ0n) is 14.7. The maximum Gasteiger partial charge on any atom is 0.410 e. The van der Waals surface area contributed by atoms with Crippen LogP contribution >= 0.6 is 0 Å². The van der Waals surface area contributed by atoms with Gasteiger partial charge in [-0.15, -0.1) is 10.2 Å². The first-order chi connectivity index (χ1) is 11.8. The summed E-state index contributed by atoms with van der Waals surface area (Å²) in [5, 5.41) is 11.8. The minimum Gasteiger partial charge on any atom is -0.444 e. The zero-order valence-corrected chi connectivity index (χ0v) is 14.7. The lowest BCUT2D eigenvalue weighted by Gasteiger charge is -2.24. The van der Waals surface area contributed by atoms with E-state index in [0.29, 0.717) is 25.3 Å². The number of fused-ring (bicyclic) bond motifs is 1. The Morgan fingerprint density at radius 2 is 2.00 bits per heavy atom. The molecule has 1 aliphatic rings. The highest BCUT2D eigenvalue weighted by atomic mass is 16.6. The van der Waals surface area contributed by atoms with Gasteiger partial charge in [0.1, 0.15) is 5.60 Å². The van der Waals surface area contributed by atoms with Crippen LogP contribution in [0.5, 0.6) is 0 Å². The summed E-state index contributed by atoms with van der Waals surface area (Å²) in [6.45, 7) is 6.33. The molecule has 7 heteroatoms. The van der Waals surface area contributed by atoms with Crippen LogP contribution in [0.1, 0.15) is 27.2 Å². The van der Waals surface area contributed by atoms with Gasteiger partial charge >= 0.3 is 6.09 Å². The summed E-state index contributed by atoms with van der Waals surface area (Å²) >= 11 is 0. The minimum atomic E-state index is -0.544. The van der Waals surface area contributed by atoms with Crippen molar-refractivity contribution < 1.29 is 14.3 Å². The van der Waals surface area contributed by atoms with Crippen molar-refractivity contribution in [2.75, 3.05) is 18.4 Å². The predicted molar refractivity (Wildman–Crippen MR) is 94.1 cm³/mol. The lowest BCUT2D eigenvalue weighted by Crippen LogP contribution is -2.36. The molecule has 1 aliphatic heterocycles. The molecule has 0 spiro atoms. The van der Waals surface area contributed by atoms with Gasteiger partial charge in [-0.3, -0.25) is 4.79 Å². The maximum atomic E-state index is 12.4. The Labute approximate surface area is 146 Å². The van der Waals surface area contributed by atoms with Gasteiger partial charge < -0.3 is 15.0 Å². The summed E-state index contributed by atoms with van der Waals surface area (Å²) in [4.78, 5) is 26.1. The van der Waals surface area contributed by atoms with Crippen molar-refractivity contribution in [2.24, 2.45) is 5.92 Å². The third kappa shape index (κ3) is 4.23. The Kier molecular flexibility index (Phi) is 4.57. The number of ether oxygens (including phenoxy) is 1. The van der Waals surface area contributed by atoms with Crippen molar-refractivity contribution in [1.82, 2.24) is 15.1 Å². The number of carbonyl (C=O) groups excluding carboxylic acids is 2. The zero-order chi connectivity index (χ0) is 18.0. The van der Waals surface area contributed by atoms with Crippen LogP contribution in [0.15, 0.2) is 30.3 Å². The van der Waals surface area contributed by atoms with E-state index in [-0.39, 0.29) is 17.9 Å². The average Bonchev–Trinajstić information content (AvgIpc) is 3.03. The second-order valence-corrected chi connectivity index (χ2v) is 7.19. The van der Waals surface area contributed by atoms with Gasteiger partial charge in [-0.05, 0) is 39.3 Å². The Morgan fingerprint density at radius 1 is 1.24 bits per heavy atom. The molecule has 1 saturated heterocycles. The fraction of sp³-hybridized carbons (Fsp3) is 0.444. The highest BCUT2D eigenvalue weighted by molar-refractivity contribution is 5.94. The summed E-state index contributed by atoms with van der Waals surface area (Å²) in [5.41, 5.74) is 0.232. The number of amides is 2. The predicted octanol–water partition coefficient (Wildman–Crippen LogP) is 2.83. The van der Waals surface area contributed by atoms with E-state index in [9.17, 15) is 9.59 Å². The van der Waals surface area contributed by atoms with Crippen LogP contribution in [0.25, 0.3) is 10.9 Å². The van der Waals surface area contributed by atoms with Crippen LogP contribution in [-0.2, 0) is 9.53 Å². The summed E-state index contributed by atoms with van der Waals surface area (Å²) in [5.74, 6) is -0.0177. The molecule has 0 aliphatic carbocycles. The van der Waals surface area contributed by atoms with Gasteiger partial charge in [-0.25, -0.2) is 4.79 Å². The Balaban J connectivity index is 1.61. The van der Waals surface area contributed by atoms with Crippen molar-refractivity contribution in [3.8, 4) is 0 Å². The van der Waals surface area contributed by atoms with Gasteiger partial charge in [0.15, 0.2) is 5.82 Å². The molecule has 1 N–H and O–H groups in total. The summed E-state index contributed by atoms with van der Waals surface area (Å²) in [6.07, 6.45) is 0.222. The number of hydrogen-bond acceptors (Lipinski definition) is 5. The van der Waals surface area contributed by atoms with Crippen LogP contribution in [0.3, 0.4) is 0 Å². The molecule has 1 fully saturated rings. The summed E-state index contributed by atoms with van der Waals surface area (Å²) < 4.78 is 5.35. The normalized spacial score (nSPS) is 17.6. The first-order valence-corrected chi connectivity index (χ1v) is 8.33. The molecule has 2 aromatic rings. The van der Waals surface area contributed by atoms with Crippen LogP contribution in [0, 0.1) is 5.92 Å². The van der Waals surface area contributed by atoms with Crippen LogP contribution < -0.4 is 5.32 Å². The van der Waals surface area contributed by atoms with Crippen molar-refractivity contribution in [3.05, 3.63) is 30.3 Å². The SMILES string of the molecule is CC(C)(C)OC(=O)N1CCC(C(=O)Nc2cc3ccccc3nn2)C1. The lowest BCUT2D eigenvalue weighted by atomic mass is 10.1. The Bertz CT molecular complexity index is 800. The second kappa shape index (κ2) is 6.66. The van der Waals surface area contributed by atoms with Crippen LogP contribution in [0.4, 0.5) is 10.6 Å². The van der Waals surface area contributed by atoms with Gasteiger partial charge in [0, 0.05) is 18.5 Å². The fourth-order valence-corrected chi connectivity index (χ4v) is 2.74. The van der Waals surface area contributed by atoms with E-state index in [0.717, 1.165) is 10.9 Å². The molecule has 0 bridgehead atoms. The van der Waals surface area contributed by atoms with E-state index in [1.807, 2.05) is 45.0 Å². The maximum absolute atomic E-state index is 12.4. The molecule has 132 valence electrons. The number of nitrogens with one attached hydrogen (secondary N) is 1. The van der Waals surface area contributed by atoms with Crippen molar-refractivity contribution in [1.29, 1.82) is 0 Å². The number of benzene rings is 1. The number of nitrogens with zero attached hydrogens (tertiary/aromatic N) is 3. The third-order valence-electron chi connectivity index (χ3n) is 3.96. The van der Waals surface area contributed by atoms with Gasteiger partial charge in [0.05, 0.1) is 11.4 Å². The standard InChI is InChI=1S/C18H22N4O3/c1-18(2,3)25-17(24)22-9-8-13(11-22)16(23)19-15-10-12-6-4-5-7-14(12)20-21-15/h4-7,10,13H,8-9,11H2,1-3H3,(H,19,21,23). The van der Waals surface area contributed by atoms with Gasteiger partial charge in [-0.1, -0.05) is 18.2 Å². The fourth-order valence-electron chi connectivity index (χ4n) is 2.74. The quantitative estimate of drug-likeness (QED) is 0.907. The number of carbonyl (C=O) groups is 2. The smallest absolute Gasteiger partial charge is 0.410 e. The molecule has 25 heavy (non-hydrogen) atoms. The third-order valence-corrected chi connectivity index (χ3v) is 3.96. The average molecular weight is 342 g/mol. The lowest BCUT2D eigenvalue weighted by molar-refractivity contribution is -0.119. The molecular weight excluding hydrogens is 320 g/mol. The number of hydrogen-bond donors (Lipinski definition) is 1. The van der Waals surface area contributed by atoms with E-state index < -0.39 is 5.60 Å². The topological polar surface area (TPSA) is 84.4 Å².